The molecule has 0 saturated carbocycles. The maximum absolute atomic E-state index is 12.2. The predicted octanol–water partition coefficient (Wildman–Crippen LogP) is 6.49. The molecule has 0 aromatic heterocycles. The third kappa shape index (κ3) is 5.88. The highest BCUT2D eigenvalue weighted by molar-refractivity contribution is 9.10. The molecular formula is C28H25BrN2O2. The van der Waals surface area contributed by atoms with Gasteiger partial charge in [0.05, 0.1) is 17.1 Å². The summed E-state index contributed by atoms with van der Waals surface area (Å²) in [6.07, 6.45) is 1.92. The molecule has 4 aromatic carbocycles. The number of hydrazone groups is 1. The van der Waals surface area contributed by atoms with Crippen molar-refractivity contribution >= 4 is 38.8 Å². The zero-order valence-electron chi connectivity index (χ0n) is 18.6. The summed E-state index contributed by atoms with van der Waals surface area (Å²) in [5.41, 5.74) is 7.95. The summed E-state index contributed by atoms with van der Waals surface area (Å²) in [6.45, 7) is 4.58. The number of nitrogens with zero attached hydrogens (tertiary/aromatic N) is 1. The SMILES string of the molecule is Cc1ccc(CC(=O)N/N=C\c2ccc(OCc3cccc4ccccc34)c(Br)c2)cc1C. The molecule has 166 valence electrons. The molecule has 0 aliphatic rings. The number of benzene rings is 4. The Balaban J connectivity index is 1.34. The maximum Gasteiger partial charge on any atom is 0.244 e. The molecule has 0 fully saturated rings. The summed E-state index contributed by atoms with van der Waals surface area (Å²) in [5.74, 6) is 0.600. The van der Waals surface area contributed by atoms with Crippen LogP contribution < -0.4 is 10.2 Å². The van der Waals surface area contributed by atoms with Crippen molar-refractivity contribution in [2.75, 3.05) is 0 Å². The van der Waals surface area contributed by atoms with Crippen LogP contribution in [0.25, 0.3) is 10.8 Å². The van der Waals surface area contributed by atoms with Crippen LogP contribution in [-0.4, -0.2) is 12.1 Å². The highest BCUT2D eigenvalue weighted by Crippen LogP contribution is 2.27. The lowest BCUT2D eigenvalue weighted by Gasteiger charge is -2.11. The molecule has 0 aliphatic carbocycles. The third-order valence-corrected chi connectivity index (χ3v) is 6.18. The molecule has 1 amide bonds. The molecule has 1 N–H and O–H groups in total. The maximum atomic E-state index is 12.2. The molecule has 4 nitrogen and oxygen atoms in total. The van der Waals surface area contributed by atoms with Crippen LogP contribution in [0.1, 0.15) is 27.8 Å². The third-order valence-electron chi connectivity index (χ3n) is 5.56. The van der Waals surface area contributed by atoms with Crippen molar-refractivity contribution in [3.63, 3.8) is 0 Å². The van der Waals surface area contributed by atoms with Crippen molar-refractivity contribution in [1.29, 1.82) is 0 Å². The number of nitrogens with one attached hydrogen (secondary N) is 1. The van der Waals surface area contributed by atoms with Crippen LogP contribution in [0.15, 0.2) is 88.4 Å². The molecule has 4 aromatic rings. The van der Waals surface area contributed by atoms with E-state index in [2.05, 4.69) is 57.6 Å². The van der Waals surface area contributed by atoms with Gasteiger partial charge in [-0.3, -0.25) is 4.79 Å². The number of hydrogen-bond acceptors (Lipinski definition) is 3. The van der Waals surface area contributed by atoms with Crippen LogP contribution >= 0.6 is 15.9 Å². The fourth-order valence-corrected chi connectivity index (χ4v) is 4.12. The number of rotatable bonds is 7. The van der Waals surface area contributed by atoms with Gasteiger partial charge < -0.3 is 4.74 Å². The minimum Gasteiger partial charge on any atom is -0.488 e. The Morgan fingerprint density at radius 2 is 1.79 bits per heavy atom. The minimum absolute atomic E-state index is 0.149. The van der Waals surface area contributed by atoms with Gasteiger partial charge in [0.15, 0.2) is 0 Å². The minimum atomic E-state index is -0.149. The summed E-state index contributed by atoms with van der Waals surface area (Å²) in [5, 5.41) is 6.48. The second kappa shape index (κ2) is 10.5. The van der Waals surface area contributed by atoms with E-state index in [9.17, 15) is 4.79 Å². The van der Waals surface area contributed by atoms with Crippen LogP contribution in [0.5, 0.6) is 5.75 Å². The zero-order valence-corrected chi connectivity index (χ0v) is 20.2. The molecule has 5 heteroatoms. The number of carbonyl (C=O) groups excluding carboxylic acids is 1. The zero-order chi connectivity index (χ0) is 23.2. The van der Waals surface area contributed by atoms with Gasteiger partial charge in [0, 0.05) is 0 Å². The van der Waals surface area contributed by atoms with Gasteiger partial charge in [-0.1, -0.05) is 60.7 Å². The van der Waals surface area contributed by atoms with Gasteiger partial charge in [0.1, 0.15) is 12.4 Å². The highest BCUT2D eigenvalue weighted by atomic mass is 79.9. The summed E-state index contributed by atoms with van der Waals surface area (Å²) in [6, 6.07) is 26.3. The number of aryl methyl sites for hydroxylation is 2. The van der Waals surface area contributed by atoms with Gasteiger partial charge in [-0.2, -0.15) is 5.10 Å². The largest absolute Gasteiger partial charge is 0.488 e. The summed E-state index contributed by atoms with van der Waals surface area (Å²) >= 11 is 3.57. The summed E-state index contributed by atoms with van der Waals surface area (Å²) < 4.78 is 6.88. The van der Waals surface area contributed by atoms with E-state index in [-0.39, 0.29) is 5.91 Å². The first-order valence-electron chi connectivity index (χ1n) is 10.8. The molecule has 33 heavy (non-hydrogen) atoms. The van der Waals surface area contributed by atoms with Gasteiger partial charge in [0.2, 0.25) is 5.91 Å². The van der Waals surface area contributed by atoms with Gasteiger partial charge in [-0.05, 0) is 86.6 Å². The Labute approximate surface area is 202 Å². The standard InChI is InChI=1S/C28H25BrN2O2/c1-19-10-11-21(14-20(19)2)16-28(32)31-30-17-22-12-13-27(26(29)15-22)33-18-24-8-5-7-23-6-3-4-9-25(23)24/h3-15,17H,16,18H2,1-2H3,(H,31,32)/b30-17-. The smallest absolute Gasteiger partial charge is 0.244 e. The average molecular weight is 501 g/mol. The topological polar surface area (TPSA) is 50.7 Å². The van der Waals surface area contributed by atoms with Crippen molar-refractivity contribution in [2.45, 2.75) is 26.9 Å². The molecular weight excluding hydrogens is 476 g/mol. The molecule has 0 saturated heterocycles. The van der Waals surface area contributed by atoms with Gasteiger partial charge >= 0.3 is 0 Å². The van der Waals surface area contributed by atoms with E-state index in [0.717, 1.165) is 26.9 Å². The van der Waals surface area contributed by atoms with Crippen LogP contribution in [0.3, 0.4) is 0 Å². The van der Waals surface area contributed by atoms with Gasteiger partial charge in [-0.25, -0.2) is 5.43 Å². The molecule has 0 aliphatic heterocycles. The summed E-state index contributed by atoms with van der Waals surface area (Å²) in [7, 11) is 0. The second-order valence-electron chi connectivity index (χ2n) is 8.01. The number of ether oxygens (including phenoxy) is 1. The lowest BCUT2D eigenvalue weighted by molar-refractivity contribution is -0.120. The van der Waals surface area contributed by atoms with E-state index in [1.807, 2.05) is 61.5 Å². The predicted molar refractivity (Wildman–Crippen MR) is 138 cm³/mol. The Hall–Kier alpha value is -3.44. The van der Waals surface area contributed by atoms with E-state index in [1.54, 1.807) is 6.21 Å². The number of halogens is 1. The fourth-order valence-electron chi connectivity index (χ4n) is 3.61. The van der Waals surface area contributed by atoms with E-state index < -0.39 is 0 Å². The van der Waals surface area contributed by atoms with Crippen molar-refractivity contribution in [2.24, 2.45) is 5.10 Å². The van der Waals surface area contributed by atoms with Crippen molar-refractivity contribution in [3.05, 3.63) is 111 Å². The van der Waals surface area contributed by atoms with Crippen molar-refractivity contribution in [3.8, 4) is 5.75 Å². The molecule has 0 unspecified atom stereocenters. The Morgan fingerprint density at radius 3 is 2.61 bits per heavy atom. The van der Waals surface area contributed by atoms with E-state index in [1.165, 1.54) is 21.9 Å². The normalized spacial score (nSPS) is 11.1. The molecule has 0 spiro atoms. The van der Waals surface area contributed by atoms with E-state index in [4.69, 9.17) is 4.74 Å². The van der Waals surface area contributed by atoms with Crippen LogP contribution in [0, 0.1) is 13.8 Å². The number of fused-ring (bicyclic) bond motifs is 1. The lowest BCUT2D eigenvalue weighted by atomic mass is 10.0. The molecule has 4 rings (SSSR count). The monoisotopic (exact) mass is 500 g/mol. The van der Waals surface area contributed by atoms with Crippen LogP contribution in [-0.2, 0) is 17.8 Å². The van der Waals surface area contributed by atoms with Crippen molar-refractivity contribution < 1.29 is 9.53 Å². The summed E-state index contributed by atoms with van der Waals surface area (Å²) in [4.78, 5) is 12.2. The molecule has 0 heterocycles. The first-order chi connectivity index (χ1) is 16.0. The molecule has 0 atom stereocenters. The fraction of sp³-hybridized carbons (Fsp3) is 0.143. The Bertz CT molecular complexity index is 1330. The first kappa shape index (κ1) is 22.7. The first-order valence-corrected chi connectivity index (χ1v) is 11.6. The Morgan fingerprint density at radius 1 is 0.970 bits per heavy atom. The van der Waals surface area contributed by atoms with Gasteiger partial charge in [-0.15, -0.1) is 0 Å². The van der Waals surface area contributed by atoms with Crippen LogP contribution in [0.4, 0.5) is 0 Å². The highest BCUT2D eigenvalue weighted by Gasteiger charge is 2.06. The number of carbonyl (C=O) groups is 1. The lowest BCUT2D eigenvalue weighted by Crippen LogP contribution is -2.19. The van der Waals surface area contributed by atoms with E-state index >= 15 is 0 Å². The molecule has 0 bridgehead atoms. The quantitative estimate of drug-likeness (QED) is 0.233. The van der Waals surface area contributed by atoms with E-state index in [0.29, 0.717) is 13.0 Å². The van der Waals surface area contributed by atoms with Crippen molar-refractivity contribution in [1.82, 2.24) is 5.43 Å². The van der Waals surface area contributed by atoms with Crippen LogP contribution in [0.2, 0.25) is 0 Å². The Kier molecular flexibility index (Phi) is 7.20. The van der Waals surface area contributed by atoms with Gasteiger partial charge in [0.25, 0.3) is 0 Å². The number of amides is 1. The molecule has 0 radical (unpaired) electrons. The average Bonchev–Trinajstić information content (AvgIpc) is 2.81. The number of hydrogen-bond donors (Lipinski definition) is 1. The second-order valence-corrected chi connectivity index (χ2v) is 8.86.